The van der Waals surface area contributed by atoms with E-state index in [1.807, 2.05) is 0 Å². The molecule has 1 saturated carbocycles. The summed E-state index contributed by atoms with van der Waals surface area (Å²) in [5.41, 5.74) is 1.68. The molecule has 0 amide bonds. The average molecular weight is 327 g/mol. The number of carbonyl (C=O) groups excluding carboxylic acids is 1. The number of aliphatic hydroxyl groups is 1. The summed E-state index contributed by atoms with van der Waals surface area (Å²) in [6.45, 7) is 0.281. The molecule has 0 heterocycles. The number of ketones is 1. The van der Waals surface area contributed by atoms with Gasteiger partial charge in [-0.15, -0.1) is 0 Å². The lowest BCUT2D eigenvalue weighted by Gasteiger charge is -2.06. The topological polar surface area (TPSA) is 49.7 Å². The van der Waals surface area contributed by atoms with Gasteiger partial charge >= 0.3 is 0 Å². The van der Waals surface area contributed by atoms with Crippen LogP contribution in [0.3, 0.4) is 0 Å². The normalized spacial score (nSPS) is 18.2. The minimum atomic E-state index is -0.491. The molecule has 1 fully saturated rings. The van der Waals surface area contributed by atoms with Crippen molar-refractivity contribution >= 4 is 17.3 Å². The molecule has 3 nitrogen and oxygen atoms in total. The Labute approximate surface area is 138 Å². The van der Waals surface area contributed by atoms with Gasteiger partial charge in [-0.1, -0.05) is 24.3 Å². The molecule has 1 aliphatic carbocycles. The largest absolute Gasteiger partial charge is 0.506 e. The number of allylic oxidation sites excluding steroid dienone is 1. The number of hydrogen-bond donors (Lipinski definition) is 1. The van der Waals surface area contributed by atoms with Crippen LogP contribution in [0.4, 0.5) is 8.78 Å². The zero-order valence-corrected chi connectivity index (χ0v) is 12.8. The van der Waals surface area contributed by atoms with Gasteiger partial charge in [0.05, 0.1) is 17.8 Å². The van der Waals surface area contributed by atoms with Crippen molar-refractivity contribution in [3.63, 3.8) is 0 Å². The van der Waals surface area contributed by atoms with E-state index in [-0.39, 0.29) is 41.5 Å². The van der Waals surface area contributed by atoms with Crippen LogP contribution in [0.15, 0.2) is 59.1 Å². The molecule has 5 heteroatoms. The summed E-state index contributed by atoms with van der Waals surface area (Å²) in [5, 5.41) is 10.4. The number of nitrogens with zero attached hydrogens (tertiary/aromatic N) is 1. The maximum absolute atomic E-state index is 13.3. The molecule has 0 aromatic heterocycles. The van der Waals surface area contributed by atoms with Crippen LogP contribution < -0.4 is 0 Å². The third-order valence-corrected chi connectivity index (χ3v) is 3.86. The Morgan fingerprint density at radius 1 is 1.04 bits per heavy atom. The van der Waals surface area contributed by atoms with Gasteiger partial charge in [-0.05, 0) is 36.2 Å². The monoisotopic (exact) mass is 327 g/mol. The fraction of sp³-hybridized carbons (Fsp3) is 0.158. The molecule has 0 atom stereocenters. The third-order valence-electron chi connectivity index (χ3n) is 3.86. The maximum Gasteiger partial charge on any atom is 0.168 e. The second-order valence-corrected chi connectivity index (χ2v) is 5.55. The molecule has 0 aliphatic heterocycles. The van der Waals surface area contributed by atoms with E-state index in [1.54, 1.807) is 12.1 Å². The third kappa shape index (κ3) is 3.40. The standard InChI is InChI=1S/C19H15F2NO2/c20-14-6-4-12(5-7-14)11-22-16-8-9-17(23)18(16)19(24)13-2-1-3-15(21)10-13/h1-7,10,24H,8-9,11H2/b19-18+,22-16?. The van der Waals surface area contributed by atoms with Gasteiger partial charge in [0.25, 0.3) is 0 Å². The van der Waals surface area contributed by atoms with E-state index in [1.165, 1.54) is 36.4 Å². The van der Waals surface area contributed by atoms with Crippen LogP contribution in [-0.4, -0.2) is 16.6 Å². The Morgan fingerprint density at radius 2 is 1.79 bits per heavy atom. The van der Waals surface area contributed by atoms with Crippen LogP contribution in [0.1, 0.15) is 24.0 Å². The highest BCUT2D eigenvalue weighted by atomic mass is 19.1. The lowest BCUT2D eigenvalue weighted by molar-refractivity contribution is -0.114. The highest BCUT2D eigenvalue weighted by Gasteiger charge is 2.28. The van der Waals surface area contributed by atoms with Gasteiger partial charge in [0.15, 0.2) is 5.78 Å². The van der Waals surface area contributed by atoms with Gasteiger partial charge in [0.1, 0.15) is 17.4 Å². The molecule has 24 heavy (non-hydrogen) atoms. The van der Waals surface area contributed by atoms with Crippen molar-refractivity contribution in [3.8, 4) is 0 Å². The van der Waals surface area contributed by atoms with Crippen LogP contribution in [-0.2, 0) is 11.3 Å². The molecule has 2 aromatic carbocycles. The highest BCUT2D eigenvalue weighted by molar-refractivity contribution is 6.30. The van der Waals surface area contributed by atoms with Crippen molar-refractivity contribution in [2.75, 3.05) is 0 Å². The van der Waals surface area contributed by atoms with Crippen molar-refractivity contribution in [1.29, 1.82) is 0 Å². The fourth-order valence-corrected chi connectivity index (χ4v) is 2.63. The van der Waals surface area contributed by atoms with Crippen molar-refractivity contribution in [2.45, 2.75) is 19.4 Å². The number of halogens is 2. The van der Waals surface area contributed by atoms with E-state index in [2.05, 4.69) is 4.99 Å². The van der Waals surface area contributed by atoms with Crippen molar-refractivity contribution in [2.24, 2.45) is 4.99 Å². The summed E-state index contributed by atoms with van der Waals surface area (Å²) in [5.74, 6) is -1.29. The predicted molar refractivity (Wildman–Crippen MR) is 87.7 cm³/mol. The summed E-state index contributed by atoms with van der Waals surface area (Å²) in [4.78, 5) is 16.5. The SMILES string of the molecule is O=C1CCC(=NCc2ccc(F)cc2)/C1=C(\O)c1cccc(F)c1. The van der Waals surface area contributed by atoms with Crippen LogP contribution in [0.5, 0.6) is 0 Å². The van der Waals surface area contributed by atoms with Gasteiger partial charge in [0, 0.05) is 12.0 Å². The molecule has 0 unspecified atom stereocenters. The quantitative estimate of drug-likeness (QED) is 0.677. The Kier molecular flexibility index (Phi) is 4.51. The molecule has 1 aliphatic rings. The van der Waals surface area contributed by atoms with Crippen molar-refractivity contribution in [1.82, 2.24) is 0 Å². The predicted octanol–water partition coefficient (Wildman–Crippen LogP) is 4.24. The number of rotatable bonds is 3. The zero-order chi connectivity index (χ0) is 17.1. The molecule has 3 rings (SSSR count). The van der Waals surface area contributed by atoms with Crippen LogP contribution in [0.25, 0.3) is 5.76 Å². The molecule has 1 N–H and O–H groups in total. The first kappa shape index (κ1) is 16.1. The first-order valence-corrected chi connectivity index (χ1v) is 7.55. The van der Waals surface area contributed by atoms with Crippen LogP contribution in [0, 0.1) is 11.6 Å². The second-order valence-electron chi connectivity index (χ2n) is 5.55. The average Bonchev–Trinajstić information content (AvgIpc) is 2.94. The summed E-state index contributed by atoms with van der Waals surface area (Å²) >= 11 is 0. The Hall–Kier alpha value is -2.82. The minimum absolute atomic E-state index is 0.141. The lowest BCUT2D eigenvalue weighted by atomic mass is 10.1. The summed E-state index contributed by atoms with van der Waals surface area (Å²) < 4.78 is 26.2. The number of hydrogen-bond acceptors (Lipinski definition) is 3. The van der Waals surface area contributed by atoms with E-state index >= 15 is 0 Å². The van der Waals surface area contributed by atoms with Crippen molar-refractivity contribution in [3.05, 3.63) is 76.9 Å². The molecule has 2 aromatic rings. The lowest BCUT2D eigenvalue weighted by Crippen LogP contribution is -2.05. The Morgan fingerprint density at radius 3 is 2.50 bits per heavy atom. The number of carbonyl (C=O) groups is 1. The Balaban J connectivity index is 1.92. The molecular weight excluding hydrogens is 312 g/mol. The Bertz CT molecular complexity index is 839. The summed E-state index contributed by atoms with van der Waals surface area (Å²) in [7, 11) is 0. The molecule has 0 spiro atoms. The number of Topliss-reactive ketones (excluding diaryl/α,β-unsaturated/α-hetero) is 1. The van der Waals surface area contributed by atoms with Crippen LogP contribution in [0.2, 0.25) is 0 Å². The van der Waals surface area contributed by atoms with Gasteiger partial charge in [0.2, 0.25) is 0 Å². The van der Waals surface area contributed by atoms with E-state index in [9.17, 15) is 18.7 Å². The molecule has 0 radical (unpaired) electrons. The van der Waals surface area contributed by atoms with Crippen molar-refractivity contribution < 1.29 is 18.7 Å². The van der Waals surface area contributed by atoms with Gasteiger partial charge in [-0.3, -0.25) is 9.79 Å². The molecule has 0 bridgehead atoms. The first-order valence-electron chi connectivity index (χ1n) is 7.55. The van der Waals surface area contributed by atoms with Gasteiger partial charge < -0.3 is 5.11 Å². The minimum Gasteiger partial charge on any atom is -0.506 e. The first-order chi connectivity index (χ1) is 11.5. The number of aliphatic hydroxyl groups excluding tert-OH is 1. The second kappa shape index (κ2) is 6.74. The summed E-state index contributed by atoms with van der Waals surface area (Å²) in [6.07, 6.45) is 0.686. The highest BCUT2D eigenvalue weighted by Crippen LogP contribution is 2.27. The number of benzene rings is 2. The van der Waals surface area contributed by atoms with E-state index in [4.69, 9.17) is 0 Å². The van der Waals surface area contributed by atoms with E-state index in [0.29, 0.717) is 12.1 Å². The summed E-state index contributed by atoms with van der Waals surface area (Å²) in [6, 6.07) is 11.4. The van der Waals surface area contributed by atoms with Crippen LogP contribution >= 0.6 is 0 Å². The molecular formula is C19H15F2NO2. The zero-order valence-electron chi connectivity index (χ0n) is 12.8. The molecule has 122 valence electrons. The van der Waals surface area contributed by atoms with E-state index < -0.39 is 5.82 Å². The fourth-order valence-electron chi connectivity index (χ4n) is 2.63. The van der Waals surface area contributed by atoms with Gasteiger partial charge in [-0.25, -0.2) is 8.78 Å². The van der Waals surface area contributed by atoms with E-state index in [0.717, 1.165) is 5.56 Å². The van der Waals surface area contributed by atoms with Gasteiger partial charge in [-0.2, -0.15) is 0 Å². The molecule has 0 saturated heterocycles. The maximum atomic E-state index is 13.3. The smallest absolute Gasteiger partial charge is 0.168 e. The number of aliphatic imine (C=N–C) groups is 1.